The SMILES string of the molecule is C=Cc1ccccc1N(Cc1ccccc1CC)C(=O)CCCCC(=O)NCCN(CCNC(=O)CCCCC(=O)N1Cc2ccccc2C#Cc2ccccc21)CCNC(=O)CCCCC(=O)N1Cc2ccccc2C=Cc2ccccc21. The molecule has 8 rings (SSSR count). The number of para-hydroxylation sites is 3. The number of anilines is 3. The van der Waals surface area contributed by atoms with Gasteiger partial charge in [0.05, 0.1) is 36.7 Å². The number of unbranched alkanes of at least 4 members (excludes halogenated alkanes) is 3. The molecule has 0 fully saturated rings. The normalized spacial score (nSPS) is 12.1. The van der Waals surface area contributed by atoms with Crippen molar-refractivity contribution >= 4 is 70.7 Å². The number of nitrogens with one attached hydrogen (secondary N) is 3. The highest BCUT2D eigenvalue weighted by molar-refractivity contribution is 5.98. The molecule has 6 aromatic rings. The van der Waals surface area contributed by atoms with Gasteiger partial charge in [0.2, 0.25) is 35.4 Å². The number of nitrogens with zero attached hydrogens (tertiary/aromatic N) is 4. The van der Waals surface area contributed by atoms with Crippen LogP contribution in [0.1, 0.15) is 134 Å². The minimum absolute atomic E-state index is 0.0125. The van der Waals surface area contributed by atoms with Crippen LogP contribution in [-0.4, -0.2) is 79.6 Å². The minimum atomic E-state index is -0.113. The number of carbonyl (C=O) groups is 6. The Bertz CT molecular complexity index is 3360. The van der Waals surface area contributed by atoms with Crippen LogP contribution in [0.25, 0.3) is 18.2 Å². The fourth-order valence-corrected chi connectivity index (χ4v) is 10.8. The number of hydrogen-bond acceptors (Lipinski definition) is 7. The zero-order valence-corrected chi connectivity index (χ0v) is 48.6. The molecule has 0 bridgehead atoms. The fraction of sp³-hybridized carbons (Fsp3) is 0.324. The van der Waals surface area contributed by atoms with Crippen molar-refractivity contribution in [3.63, 3.8) is 0 Å². The Morgan fingerprint density at radius 1 is 0.500 bits per heavy atom. The topological polar surface area (TPSA) is 151 Å². The van der Waals surface area contributed by atoms with Gasteiger partial charge in [-0.3, -0.25) is 33.7 Å². The van der Waals surface area contributed by atoms with E-state index >= 15 is 0 Å². The van der Waals surface area contributed by atoms with Gasteiger partial charge in [0.15, 0.2) is 0 Å². The van der Waals surface area contributed by atoms with Crippen LogP contribution in [0.4, 0.5) is 17.1 Å². The quantitative estimate of drug-likeness (QED) is 0.0312. The zero-order valence-electron chi connectivity index (χ0n) is 48.6. The molecule has 13 heteroatoms. The van der Waals surface area contributed by atoms with E-state index in [1.807, 2.05) is 131 Å². The molecule has 0 aliphatic carbocycles. The highest BCUT2D eigenvalue weighted by Gasteiger charge is 2.24. The Morgan fingerprint density at radius 3 is 1.61 bits per heavy atom. The lowest BCUT2D eigenvalue weighted by molar-refractivity contribution is -0.122. The van der Waals surface area contributed by atoms with E-state index in [9.17, 15) is 28.8 Å². The number of benzene rings is 6. The molecule has 13 nitrogen and oxygen atoms in total. The van der Waals surface area contributed by atoms with E-state index in [2.05, 4.69) is 82.6 Å². The first kappa shape index (κ1) is 61.2. The van der Waals surface area contributed by atoms with Gasteiger partial charge in [-0.15, -0.1) is 0 Å². The largest absolute Gasteiger partial charge is 0.355 e. The average molecular weight is 1130 g/mol. The maximum Gasteiger partial charge on any atom is 0.227 e. The van der Waals surface area contributed by atoms with Crippen LogP contribution in [0.3, 0.4) is 0 Å². The van der Waals surface area contributed by atoms with Crippen molar-refractivity contribution in [2.45, 2.75) is 110 Å². The average Bonchev–Trinajstić information content (AvgIpc) is 3.61. The number of amides is 6. The van der Waals surface area contributed by atoms with E-state index in [1.165, 1.54) is 5.56 Å². The first-order chi connectivity index (χ1) is 41.1. The van der Waals surface area contributed by atoms with E-state index in [1.54, 1.807) is 11.0 Å². The number of aryl methyl sites for hydroxylation is 1. The minimum Gasteiger partial charge on any atom is -0.355 e. The standard InChI is InChI=1S/C71H79N7O6/c1-3-54-23-5-8-29-60(54)51-76(63-32-14-11-24-55(63)4-2)69(82)38-20-17-35-66(79)72-45-48-75(49-46-73-67(80)36-18-21-39-70(83)77-52-61-30-9-6-25-56(61)41-43-58-27-12-15-33-64(58)77)50-47-74-68(81)37-19-22-40-71(84)78-53-62-31-10-7-26-57(62)42-44-59-28-13-16-34-65(59)78/h4-16,23-34,41,43H,2-3,17-22,35-40,45-53H2,1H3,(H,72,79)(H,73,80)(H,74,81). The van der Waals surface area contributed by atoms with Crippen molar-refractivity contribution in [3.05, 3.63) is 202 Å². The lowest BCUT2D eigenvalue weighted by atomic mass is 10.0. The molecule has 2 aliphatic rings. The second-order valence-corrected chi connectivity index (χ2v) is 21.4. The van der Waals surface area contributed by atoms with Gasteiger partial charge >= 0.3 is 0 Å². The van der Waals surface area contributed by atoms with Crippen LogP contribution >= 0.6 is 0 Å². The number of rotatable bonds is 29. The summed E-state index contributed by atoms with van der Waals surface area (Å²) in [6.45, 7) is 9.93. The Labute approximate surface area is 496 Å². The Balaban J connectivity index is 0.790. The van der Waals surface area contributed by atoms with Crippen LogP contribution in [-0.2, 0) is 54.8 Å². The van der Waals surface area contributed by atoms with E-state index in [0.717, 1.165) is 68.0 Å². The molecular formula is C71H79N7O6. The van der Waals surface area contributed by atoms with E-state index < -0.39 is 0 Å². The number of fused-ring (bicyclic) bond motifs is 4. The van der Waals surface area contributed by atoms with Crippen molar-refractivity contribution in [2.75, 3.05) is 54.0 Å². The third-order valence-electron chi connectivity index (χ3n) is 15.5. The molecule has 84 heavy (non-hydrogen) atoms. The van der Waals surface area contributed by atoms with Gasteiger partial charge in [0.1, 0.15) is 0 Å². The molecule has 2 heterocycles. The van der Waals surface area contributed by atoms with Gasteiger partial charge in [-0.2, -0.15) is 0 Å². The van der Waals surface area contributed by atoms with Gasteiger partial charge < -0.3 is 30.7 Å². The smallest absolute Gasteiger partial charge is 0.227 e. The van der Waals surface area contributed by atoms with Crippen LogP contribution in [0, 0.1) is 11.8 Å². The molecular weight excluding hydrogens is 1050 g/mol. The van der Waals surface area contributed by atoms with Crippen LogP contribution in [0.2, 0.25) is 0 Å². The molecule has 0 spiro atoms. The first-order valence-electron chi connectivity index (χ1n) is 29.8. The van der Waals surface area contributed by atoms with Gasteiger partial charge in [0.25, 0.3) is 0 Å². The van der Waals surface area contributed by atoms with Gasteiger partial charge in [-0.1, -0.05) is 159 Å². The van der Waals surface area contributed by atoms with E-state index in [4.69, 9.17) is 0 Å². The van der Waals surface area contributed by atoms with Crippen LogP contribution in [0.15, 0.2) is 152 Å². The third kappa shape index (κ3) is 17.8. The monoisotopic (exact) mass is 1130 g/mol. The summed E-state index contributed by atoms with van der Waals surface area (Å²) < 4.78 is 0. The summed E-state index contributed by atoms with van der Waals surface area (Å²) in [6, 6.07) is 47.5. The van der Waals surface area contributed by atoms with Crippen molar-refractivity contribution in [1.29, 1.82) is 0 Å². The first-order valence-corrected chi connectivity index (χ1v) is 29.8. The molecule has 0 saturated heterocycles. The summed E-state index contributed by atoms with van der Waals surface area (Å²) in [4.78, 5) is 88.5. The maximum absolute atomic E-state index is 13.9. The molecule has 3 N–H and O–H groups in total. The van der Waals surface area contributed by atoms with Crippen molar-refractivity contribution in [3.8, 4) is 11.8 Å². The summed E-state index contributed by atoms with van der Waals surface area (Å²) in [5.74, 6) is 6.15. The lowest BCUT2D eigenvalue weighted by Gasteiger charge is -2.27. The molecule has 434 valence electrons. The number of hydrogen-bond donors (Lipinski definition) is 3. The van der Waals surface area contributed by atoms with Gasteiger partial charge in [-0.05, 0) is 114 Å². The van der Waals surface area contributed by atoms with E-state index in [0.29, 0.717) is 104 Å². The van der Waals surface area contributed by atoms with Gasteiger partial charge in [0, 0.05) is 88.9 Å². The van der Waals surface area contributed by atoms with Crippen molar-refractivity contribution < 1.29 is 28.8 Å². The Kier molecular flexibility index (Phi) is 23.4. The molecule has 2 aliphatic heterocycles. The highest BCUT2D eigenvalue weighted by Crippen LogP contribution is 2.31. The van der Waals surface area contributed by atoms with Crippen LogP contribution in [0.5, 0.6) is 0 Å². The Hall–Kier alpha value is -8.86. The van der Waals surface area contributed by atoms with Crippen molar-refractivity contribution in [1.82, 2.24) is 20.9 Å². The molecule has 0 radical (unpaired) electrons. The summed E-state index contributed by atoms with van der Waals surface area (Å²) >= 11 is 0. The predicted octanol–water partition coefficient (Wildman–Crippen LogP) is 11.4. The molecule has 6 aromatic carbocycles. The summed E-state index contributed by atoms with van der Waals surface area (Å²) in [6.07, 6.45) is 11.8. The fourth-order valence-electron chi connectivity index (χ4n) is 10.8. The molecule has 0 unspecified atom stereocenters. The molecule has 0 aromatic heterocycles. The summed E-state index contributed by atoms with van der Waals surface area (Å²) in [7, 11) is 0. The summed E-state index contributed by atoms with van der Waals surface area (Å²) in [5, 5.41) is 9.12. The number of carbonyl (C=O) groups excluding carboxylic acids is 6. The zero-order chi connectivity index (χ0) is 58.9. The molecule has 6 amide bonds. The van der Waals surface area contributed by atoms with Gasteiger partial charge in [-0.25, -0.2) is 0 Å². The highest BCUT2D eigenvalue weighted by atomic mass is 16.2. The second kappa shape index (κ2) is 32.1. The second-order valence-electron chi connectivity index (χ2n) is 21.4. The lowest BCUT2D eigenvalue weighted by Crippen LogP contribution is -2.43. The van der Waals surface area contributed by atoms with Crippen LogP contribution < -0.4 is 30.7 Å². The Morgan fingerprint density at radius 2 is 0.964 bits per heavy atom. The third-order valence-corrected chi connectivity index (χ3v) is 15.5. The predicted molar refractivity (Wildman–Crippen MR) is 337 cm³/mol. The maximum atomic E-state index is 13.9. The molecule has 0 saturated carbocycles. The van der Waals surface area contributed by atoms with E-state index in [-0.39, 0.29) is 67.5 Å². The van der Waals surface area contributed by atoms with Crippen molar-refractivity contribution in [2.24, 2.45) is 0 Å². The summed E-state index contributed by atoms with van der Waals surface area (Å²) in [5.41, 5.74) is 11.5. The molecule has 0 atom stereocenters.